The number of benzene rings is 2. The van der Waals surface area contributed by atoms with E-state index in [2.05, 4.69) is 23.1 Å². The first-order valence-electron chi connectivity index (χ1n) is 9.67. The number of hydrogen-bond donors (Lipinski definition) is 0. The van der Waals surface area contributed by atoms with Gasteiger partial charge in [-0.1, -0.05) is 48.9 Å². The van der Waals surface area contributed by atoms with E-state index in [1.54, 1.807) is 0 Å². The van der Waals surface area contributed by atoms with Crippen LogP contribution >= 0.6 is 0 Å². The zero-order chi connectivity index (χ0) is 17.1. The maximum absolute atomic E-state index is 12.4. The average molecular weight is 337 g/mol. The molecule has 2 fully saturated rings. The highest BCUT2D eigenvalue weighted by molar-refractivity contribution is 5.88. The van der Waals surface area contributed by atoms with Crippen molar-refractivity contribution in [3.8, 4) is 0 Å². The molecule has 2 aliphatic heterocycles. The fourth-order valence-corrected chi connectivity index (χ4v) is 4.62. The molecule has 3 nitrogen and oxygen atoms in total. The van der Waals surface area contributed by atoms with E-state index in [1.165, 1.54) is 50.6 Å². The monoisotopic (exact) mass is 337 g/mol. The summed E-state index contributed by atoms with van der Waals surface area (Å²) in [6.07, 6.45) is 6.71. The van der Waals surface area contributed by atoms with Crippen molar-refractivity contribution in [2.24, 2.45) is 5.92 Å². The first-order chi connectivity index (χ1) is 12.3. The maximum atomic E-state index is 12.4. The van der Waals surface area contributed by atoms with Crippen LogP contribution in [0.1, 0.15) is 37.7 Å². The molecule has 2 aromatic rings. The van der Waals surface area contributed by atoms with Crippen molar-refractivity contribution < 1.29 is 9.53 Å². The Morgan fingerprint density at radius 1 is 1.00 bits per heavy atom. The topological polar surface area (TPSA) is 29.5 Å². The van der Waals surface area contributed by atoms with Crippen molar-refractivity contribution in [1.29, 1.82) is 0 Å². The normalized spacial score (nSPS) is 24.0. The highest BCUT2D eigenvalue weighted by atomic mass is 16.5. The van der Waals surface area contributed by atoms with Crippen LogP contribution in [0.3, 0.4) is 0 Å². The van der Waals surface area contributed by atoms with E-state index in [-0.39, 0.29) is 5.97 Å². The third-order valence-electron chi connectivity index (χ3n) is 5.90. The maximum Gasteiger partial charge on any atom is 0.310 e. The third-order valence-corrected chi connectivity index (χ3v) is 5.90. The highest BCUT2D eigenvalue weighted by Crippen LogP contribution is 2.31. The van der Waals surface area contributed by atoms with E-state index in [9.17, 15) is 4.79 Å². The SMILES string of the molecule is O=C(Cc1cccc2ccccc12)OC[C@@H]1CCCN2CCCC[C@@H]12. The quantitative estimate of drug-likeness (QED) is 0.784. The van der Waals surface area contributed by atoms with Gasteiger partial charge in [0.05, 0.1) is 13.0 Å². The third kappa shape index (κ3) is 3.72. The second-order valence-electron chi connectivity index (χ2n) is 7.50. The minimum Gasteiger partial charge on any atom is -0.465 e. The van der Waals surface area contributed by atoms with Crippen molar-refractivity contribution in [2.45, 2.75) is 44.6 Å². The van der Waals surface area contributed by atoms with Gasteiger partial charge >= 0.3 is 5.97 Å². The number of carbonyl (C=O) groups excluding carboxylic acids is 1. The Bertz CT molecular complexity index is 734. The summed E-state index contributed by atoms with van der Waals surface area (Å²) in [4.78, 5) is 15.0. The van der Waals surface area contributed by atoms with Crippen molar-refractivity contribution in [3.63, 3.8) is 0 Å². The molecule has 0 amide bonds. The number of ether oxygens (including phenoxy) is 1. The van der Waals surface area contributed by atoms with Crippen LogP contribution in [0.25, 0.3) is 10.8 Å². The number of fused-ring (bicyclic) bond motifs is 2. The molecular formula is C22H27NO2. The van der Waals surface area contributed by atoms with Crippen molar-refractivity contribution >= 4 is 16.7 Å². The Balaban J connectivity index is 1.37. The fraction of sp³-hybridized carbons (Fsp3) is 0.500. The summed E-state index contributed by atoms with van der Waals surface area (Å²) in [6, 6.07) is 15.0. The van der Waals surface area contributed by atoms with Crippen LogP contribution in [-0.2, 0) is 16.0 Å². The lowest BCUT2D eigenvalue weighted by molar-refractivity contribution is -0.145. The summed E-state index contributed by atoms with van der Waals surface area (Å²) < 4.78 is 5.72. The zero-order valence-electron chi connectivity index (χ0n) is 14.8. The molecule has 2 atom stereocenters. The molecule has 132 valence electrons. The summed E-state index contributed by atoms with van der Waals surface area (Å²) in [5.41, 5.74) is 1.06. The van der Waals surface area contributed by atoms with Gasteiger partial charge in [0.25, 0.3) is 0 Å². The minimum absolute atomic E-state index is 0.0933. The van der Waals surface area contributed by atoms with E-state index < -0.39 is 0 Å². The second kappa shape index (κ2) is 7.57. The number of esters is 1. The minimum atomic E-state index is -0.0933. The number of hydrogen-bond acceptors (Lipinski definition) is 3. The molecule has 0 radical (unpaired) electrons. The van der Waals surface area contributed by atoms with E-state index in [0.29, 0.717) is 25.0 Å². The average Bonchev–Trinajstić information content (AvgIpc) is 2.66. The lowest BCUT2D eigenvalue weighted by Crippen LogP contribution is -2.49. The molecule has 0 unspecified atom stereocenters. The molecule has 0 N–H and O–H groups in total. The molecule has 2 saturated heterocycles. The van der Waals surface area contributed by atoms with Gasteiger partial charge in [-0.15, -0.1) is 0 Å². The largest absolute Gasteiger partial charge is 0.465 e. The Morgan fingerprint density at radius 2 is 1.84 bits per heavy atom. The molecule has 25 heavy (non-hydrogen) atoms. The van der Waals surface area contributed by atoms with Crippen LogP contribution in [0.2, 0.25) is 0 Å². The summed E-state index contributed by atoms with van der Waals surface area (Å²) in [6.45, 7) is 3.04. The second-order valence-corrected chi connectivity index (χ2v) is 7.50. The Labute approximate surface area is 150 Å². The predicted octanol–water partition coefficient (Wildman–Crippen LogP) is 4.19. The van der Waals surface area contributed by atoms with Gasteiger partial charge in [-0.2, -0.15) is 0 Å². The van der Waals surface area contributed by atoms with Crippen LogP contribution in [0.15, 0.2) is 42.5 Å². The summed E-state index contributed by atoms with van der Waals surface area (Å²) >= 11 is 0. The van der Waals surface area contributed by atoms with E-state index in [0.717, 1.165) is 10.9 Å². The molecule has 0 spiro atoms. The van der Waals surface area contributed by atoms with E-state index in [4.69, 9.17) is 4.74 Å². The van der Waals surface area contributed by atoms with Gasteiger partial charge in [0.1, 0.15) is 0 Å². The number of piperidine rings is 2. The summed E-state index contributed by atoms with van der Waals surface area (Å²) in [5, 5.41) is 2.33. The smallest absolute Gasteiger partial charge is 0.310 e. The van der Waals surface area contributed by atoms with Gasteiger partial charge in [-0.3, -0.25) is 9.69 Å². The molecular weight excluding hydrogens is 310 g/mol. The standard InChI is InChI=1S/C22H27NO2/c24-22(15-18-9-5-8-17-7-1-2-11-20(17)18)25-16-19-10-6-14-23-13-4-3-12-21(19)23/h1-2,5,7-9,11,19,21H,3-4,6,10,12-16H2/t19-,21-/m0/s1. The Hall–Kier alpha value is -1.87. The van der Waals surface area contributed by atoms with Crippen LogP contribution < -0.4 is 0 Å². The molecule has 3 heteroatoms. The van der Waals surface area contributed by atoms with Gasteiger partial charge in [-0.25, -0.2) is 0 Å². The fourth-order valence-electron chi connectivity index (χ4n) is 4.62. The molecule has 0 aliphatic carbocycles. The van der Waals surface area contributed by atoms with Crippen molar-refractivity contribution in [2.75, 3.05) is 19.7 Å². The van der Waals surface area contributed by atoms with Crippen LogP contribution in [0.5, 0.6) is 0 Å². The van der Waals surface area contributed by atoms with Gasteiger partial charge < -0.3 is 4.74 Å². The number of rotatable bonds is 4. The molecule has 0 bridgehead atoms. The Kier molecular flexibility index (Phi) is 5.02. The first-order valence-corrected chi connectivity index (χ1v) is 9.67. The van der Waals surface area contributed by atoms with Crippen LogP contribution in [-0.4, -0.2) is 36.6 Å². The molecule has 2 heterocycles. The first kappa shape index (κ1) is 16.6. The van der Waals surface area contributed by atoms with E-state index >= 15 is 0 Å². The van der Waals surface area contributed by atoms with Crippen molar-refractivity contribution in [3.05, 3.63) is 48.0 Å². The number of nitrogens with zero attached hydrogens (tertiary/aromatic N) is 1. The van der Waals surface area contributed by atoms with Gasteiger partial charge in [0, 0.05) is 12.0 Å². The lowest BCUT2D eigenvalue weighted by atomic mass is 9.84. The van der Waals surface area contributed by atoms with Crippen LogP contribution in [0, 0.1) is 5.92 Å². The predicted molar refractivity (Wildman–Crippen MR) is 101 cm³/mol. The van der Waals surface area contributed by atoms with Gasteiger partial charge in [0.15, 0.2) is 0 Å². The van der Waals surface area contributed by atoms with E-state index in [1.807, 2.05) is 24.3 Å². The summed E-state index contributed by atoms with van der Waals surface area (Å²) in [5.74, 6) is 0.426. The number of carbonyl (C=O) groups is 1. The molecule has 0 saturated carbocycles. The zero-order valence-corrected chi connectivity index (χ0v) is 14.8. The van der Waals surface area contributed by atoms with Gasteiger partial charge in [0.2, 0.25) is 0 Å². The van der Waals surface area contributed by atoms with Gasteiger partial charge in [-0.05, 0) is 55.1 Å². The van der Waals surface area contributed by atoms with Crippen molar-refractivity contribution in [1.82, 2.24) is 4.90 Å². The molecule has 2 aromatic carbocycles. The lowest BCUT2D eigenvalue weighted by Gasteiger charge is -2.44. The highest BCUT2D eigenvalue weighted by Gasteiger charge is 2.33. The molecule has 4 rings (SSSR count). The van der Waals surface area contributed by atoms with Crippen LogP contribution in [0.4, 0.5) is 0 Å². The molecule has 0 aromatic heterocycles. The summed E-state index contributed by atoms with van der Waals surface area (Å²) in [7, 11) is 0. The molecule has 2 aliphatic rings. The Morgan fingerprint density at radius 3 is 2.80 bits per heavy atom.